The lowest BCUT2D eigenvalue weighted by Crippen LogP contribution is -2.48. The van der Waals surface area contributed by atoms with E-state index >= 15 is 0 Å². The van der Waals surface area contributed by atoms with Crippen LogP contribution in [0, 0.1) is 5.82 Å². The number of H-pyrrole nitrogens is 1. The molecule has 1 atom stereocenters. The zero-order valence-electron chi connectivity index (χ0n) is 19.0. The normalized spacial score (nSPS) is 20.7. The van der Waals surface area contributed by atoms with Crippen molar-refractivity contribution in [2.45, 2.75) is 37.6 Å². The van der Waals surface area contributed by atoms with E-state index < -0.39 is 11.4 Å². The van der Waals surface area contributed by atoms with Gasteiger partial charge in [0, 0.05) is 25.2 Å². The fourth-order valence-electron chi connectivity index (χ4n) is 5.40. The van der Waals surface area contributed by atoms with Gasteiger partial charge in [-0.05, 0) is 44.1 Å². The van der Waals surface area contributed by atoms with E-state index in [1.54, 1.807) is 6.07 Å². The van der Waals surface area contributed by atoms with Gasteiger partial charge >= 0.3 is 0 Å². The van der Waals surface area contributed by atoms with Crippen molar-refractivity contribution >= 4 is 22.1 Å². The molecule has 0 amide bonds. The molecule has 1 saturated heterocycles. The van der Waals surface area contributed by atoms with Crippen molar-refractivity contribution in [1.82, 2.24) is 29.7 Å². The summed E-state index contributed by atoms with van der Waals surface area (Å²) in [6.07, 6.45) is 2.73. The van der Waals surface area contributed by atoms with Gasteiger partial charge in [-0.25, -0.2) is 9.37 Å². The Balaban J connectivity index is 1.12. The quantitative estimate of drug-likeness (QED) is 0.397. The Morgan fingerprint density at radius 1 is 1.14 bits per heavy atom. The number of aromatic nitrogens is 4. The predicted octanol–water partition coefficient (Wildman–Crippen LogP) is 1.23. The maximum atomic E-state index is 14.8. The lowest BCUT2D eigenvalue weighted by molar-refractivity contribution is -0.0159. The summed E-state index contributed by atoms with van der Waals surface area (Å²) in [5.41, 5.74) is 0.977. The summed E-state index contributed by atoms with van der Waals surface area (Å²) in [7, 11) is 0. The second kappa shape index (κ2) is 8.33. The number of β-amino-alcohol motifs (C(OH)–C–C–N with tert-alkyl or cyclic N) is 1. The highest BCUT2D eigenvalue weighted by Crippen LogP contribution is 2.37. The fourth-order valence-corrected chi connectivity index (χ4v) is 5.40. The van der Waals surface area contributed by atoms with E-state index in [1.165, 1.54) is 10.6 Å². The van der Waals surface area contributed by atoms with E-state index in [1.807, 2.05) is 24.3 Å². The van der Waals surface area contributed by atoms with Crippen molar-refractivity contribution in [3.8, 4) is 0 Å². The highest BCUT2D eigenvalue weighted by Gasteiger charge is 2.43. The van der Waals surface area contributed by atoms with Crippen LogP contribution in [0.25, 0.3) is 22.1 Å². The number of likely N-dealkylation sites (tertiary alicyclic amines) is 1. The predicted molar refractivity (Wildman–Crippen MR) is 129 cm³/mol. The summed E-state index contributed by atoms with van der Waals surface area (Å²) < 4.78 is 16.2. The molecule has 0 saturated carbocycles. The number of fused-ring (bicyclic) bond motifs is 1. The zero-order valence-corrected chi connectivity index (χ0v) is 19.0. The minimum Gasteiger partial charge on any atom is -0.382 e. The van der Waals surface area contributed by atoms with Crippen LogP contribution >= 0.6 is 0 Å². The largest absolute Gasteiger partial charge is 0.382 e. The van der Waals surface area contributed by atoms with Crippen LogP contribution in [0.5, 0.6) is 0 Å². The number of rotatable bonds is 5. The lowest BCUT2D eigenvalue weighted by Gasteiger charge is -2.37. The standard InChI is InChI=1S/C25H25FN6O3/c26-16-11-28-19-5-6-21(33)32-14-25(35,22(16)23(19)32)13-31-9-7-15(8-10-31)27-12-20-24(34)30-18-4-2-1-3-17(18)29-20/h1-6,11,15,27,35H,7-10,12-14H2,(H,30,34)/t25-/m0/s1. The molecule has 180 valence electrons. The third kappa shape index (κ3) is 3.83. The van der Waals surface area contributed by atoms with Crippen LogP contribution in [0.4, 0.5) is 4.39 Å². The smallest absolute Gasteiger partial charge is 0.271 e. The first-order chi connectivity index (χ1) is 16.9. The summed E-state index contributed by atoms with van der Waals surface area (Å²) in [6, 6.07) is 10.6. The van der Waals surface area contributed by atoms with Crippen molar-refractivity contribution in [3.05, 3.63) is 80.4 Å². The Hall–Kier alpha value is -3.47. The third-order valence-corrected chi connectivity index (χ3v) is 7.14. The SMILES string of the molecule is O=c1[nH]c2ccccc2nc1CNC1CCN(C[C@]2(O)Cn3c(=O)ccc4ncc(F)c2c43)CC1. The Kier molecular flexibility index (Phi) is 5.24. The van der Waals surface area contributed by atoms with E-state index in [0.29, 0.717) is 41.9 Å². The first-order valence-corrected chi connectivity index (χ1v) is 11.8. The van der Waals surface area contributed by atoms with Crippen molar-refractivity contribution in [2.24, 2.45) is 0 Å². The molecule has 0 radical (unpaired) electrons. The van der Waals surface area contributed by atoms with Crippen LogP contribution in [0.2, 0.25) is 0 Å². The molecule has 5 heterocycles. The van der Waals surface area contributed by atoms with Crippen LogP contribution in [-0.2, 0) is 18.7 Å². The van der Waals surface area contributed by atoms with Gasteiger partial charge < -0.3 is 20.0 Å². The van der Waals surface area contributed by atoms with Crippen molar-refractivity contribution in [1.29, 1.82) is 0 Å². The second-order valence-corrected chi connectivity index (χ2v) is 9.47. The van der Waals surface area contributed by atoms with E-state index in [0.717, 1.165) is 24.6 Å². The van der Waals surface area contributed by atoms with E-state index in [9.17, 15) is 19.1 Å². The highest BCUT2D eigenvalue weighted by atomic mass is 19.1. The minimum atomic E-state index is -1.50. The number of hydrogen-bond donors (Lipinski definition) is 3. The van der Waals surface area contributed by atoms with Gasteiger partial charge in [-0.1, -0.05) is 12.1 Å². The number of aromatic amines is 1. The van der Waals surface area contributed by atoms with E-state index in [-0.39, 0.29) is 35.8 Å². The molecule has 2 aliphatic heterocycles. The van der Waals surface area contributed by atoms with Gasteiger partial charge in [0.2, 0.25) is 0 Å². The number of pyridine rings is 2. The zero-order chi connectivity index (χ0) is 24.2. The molecule has 3 N–H and O–H groups in total. The number of halogens is 1. The van der Waals surface area contributed by atoms with Gasteiger partial charge in [-0.2, -0.15) is 0 Å². The number of benzene rings is 1. The summed E-state index contributed by atoms with van der Waals surface area (Å²) in [4.78, 5) is 38.3. The summed E-state index contributed by atoms with van der Waals surface area (Å²) >= 11 is 0. The fraction of sp³-hybridized carbons (Fsp3) is 0.360. The maximum Gasteiger partial charge on any atom is 0.271 e. The van der Waals surface area contributed by atoms with Gasteiger partial charge in [0.05, 0.1) is 40.4 Å². The first-order valence-electron chi connectivity index (χ1n) is 11.8. The van der Waals surface area contributed by atoms with Crippen molar-refractivity contribution in [2.75, 3.05) is 19.6 Å². The molecule has 4 aromatic rings. The monoisotopic (exact) mass is 476 g/mol. The van der Waals surface area contributed by atoms with Gasteiger partial charge in [0.25, 0.3) is 11.1 Å². The Morgan fingerprint density at radius 2 is 1.94 bits per heavy atom. The maximum absolute atomic E-state index is 14.8. The topological polar surface area (TPSA) is 116 Å². The number of nitrogens with zero attached hydrogens (tertiary/aromatic N) is 4. The molecule has 35 heavy (non-hydrogen) atoms. The minimum absolute atomic E-state index is 0.00963. The van der Waals surface area contributed by atoms with Crippen molar-refractivity contribution < 1.29 is 9.50 Å². The third-order valence-electron chi connectivity index (χ3n) is 7.14. The van der Waals surface area contributed by atoms with Gasteiger partial charge in [-0.15, -0.1) is 0 Å². The van der Waals surface area contributed by atoms with Gasteiger partial charge in [0.1, 0.15) is 17.1 Å². The average molecular weight is 477 g/mol. The van der Waals surface area contributed by atoms with Gasteiger partial charge in [0.15, 0.2) is 0 Å². The molecule has 1 aromatic carbocycles. The van der Waals surface area contributed by atoms with E-state index in [2.05, 4.69) is 25.2 Å². The van der Waals surface area contributed by atoms with Crippen molar-refractivity contribution in [3.63, 3.8) is 0 Å². The Bertz CT molecular complexity index is 1560. The van der Waals surface area contributed by atoms with Crippen LogP contribution in [0.1, 0.15) is 24.1 Å². The molecule has 3 aromatic heterocycles. The summed E-state index contributed by atoms with van der Waals surface area (Å²) in [5, 5.41) is 14.9. The number of nitrogens with one attached hydrogen (secondary N) is 2. The molecule has 2 aliphatic rings. The summed E-state index contributed by atoms with van der Waals surface area (Å²) in [5.74, 6) is -0.596. The molecule has 0 unspecified atom stereocenters. The number of piperidine rings is 1. The van der Waals surface area contributed by atoms with Gasteiger partial charge in [-0.3, -0.25) is 19.5 Å². The molecular weight excluding hydrogens is 451 g/mol. The van der Waals surface area contributed by atoms with Crippen LogP contribution in [-0.4, -0.2) is 55.2 Å². The second-order valence-electron chi connectivity index (χ2n) is 9.47. The molecule has 0 spiro atoms. The van der Waals surface area contributed by atoms with Crippen LogP contribution in [0.15, 0.2) is 52.2 Å². The molecule has 6 rings (SSSR count). The molecule has 9 nitrogen and oxygen atoms in total. The lowest BCUT2D eigenvalue weighted by atomic mass is 9.93. The van der Waals surface area contributed by atoms with Crippen LogP contribution in [0.3, 0.4) is 0 Å². The Morgan fingerprint density at radius 3 is 2.77 bits per heavy atom. The molecule has 10 heteroatoms. The molecule has 0 bridgehead atoms. The number of hydrogen-bond acceptors (Lipinski definition) is 7. The molecule has 0 aliphatic carbocycles. The Labute approximate surface area is 199 Å². The average Bonchev–Trinajstić information content (AvgIpc) is 3.17. The number of para-hydroxylation sites is 2. The first kappa shape index (κ1) is 22.0. The highest BCUT2D eigenvalue weighted by molar-refractivity contribution is 5.81. The van der Waals surface area contributed by atoms with E-state index in [4.69, 9.17) is 0 Å². The molecular formula is C25H25FN6O3. The summed E-state index contributed by atoms with van der Waals surface area (Å²) in [6.45, 7) is 2.00. The van der Waals surface area contributed by atoms with Crippen LogP contribution < -0.4 is 16.4 Å². The number of aliphatic hydroxyl groups is 1. The molecule has 1 fully saturated rings.